The Morgan fingerprint density at radius 1 is 1.47 bits per heavy atom. The Bertz CT molecular complexity index is 348. The van der Waals surface area contributed by atoms with Gasteiger partial charge in [0.1, 0.15) is 0 Å². The van der Waals surface area contributed by atoms with Crippen LogP contribution in [-0.2, 0) is 6.54 Å². The lowest BCUT2D eigenvalue weighted by atomic mass is 10.1. The fourth-order valence-corrected chi connectivity index (χ4v) is 2.95. The quantitative estimate of drug-likeness (QED) is 0.898. The summed E-state index contributed by atoms with van der Waals surface area (Å²) in [5.41, 5.74) is 1.40. The normalized spacial score (nSPS) is 20.1. The Balaban J connectivity index is 2.01. The van der Waals surface area contributed by atoms with E-state index in [1.165, 1.54) is 36.0 Å². The maximum absolute atomic E-state index is 3.54. The molecule has 2 nitrogen and oxygen atoms in total. The van der Waals surface area contributed by atoms with Crippen molar-refractivity contribution in [1.29, 1.82) is 0 Å². The zero-order chi connectivity index (χ0) is 12.1. The summed E-state index contributed by atoms with van der Waals surface area (Å²) in [4.78, 5) is 2.61. The standard InChI is InChI=1S/C14H21BrN2/c1-2-8-17(14-6-7-16-10-14)11-12-4-3-5-13(15)9-12/h3-5,9,14,16H,2,6-8,10-11H2,1H3. The molecule has 0 radical (unpaired) electrons. The molecule has 1 aliphatic heterocycles. The molecular formula is C14H21BrN2. The molecular weight excluding hydrogens is 276 g/mol. The van der Waals surface area contributed by atoms with E-state index in [0.717, 1.165) is 13.1 Å². The van der Waals surface area contributed by atoms with Gasteiger partial charge in [-0.3, -0.25) is 4.90 Å². The minimum absolute atomic E-state index is 0.717. The molecule has 1 aliphatic rings. The van der Waals surface area contributed by atoms with Gasteiger partial charge in [-0.15, -0.1) is 0 Å². The summed E-state index contributed by atoms with van der Waals surface area (Å²) in [6, 6.07) is 9.37. The second-order valence-electron chi connectivity index (χ2n) is 4.75. The van der Waals surface area contributed by atoms with E-state index in [0.29, 0.717) is 6.04 Å². The highest BCUT2D eigenvalue weighted by atomic mass is 79.9. The Morgan fingerprint density at radius 3 is 3.00 bits per heavy atom. The van der Waals surface area contributed by atoms with Crippen LogP contribution in [0.1, 0.15) is 25.3 Å². The molecule has 1 atom stereocenters. The smallest absolute Gasteiger partial charge is 0.0237 e. The van der Waals surface area contributed by atoms with E-state index in [1.807, 2.05) is 0 Å². The van der Waals surface area contributed by atoms with E-state index in [1.54, 1.807) is 0 Å². The second-order valence-corrected chi connectivity index (χ2v) is 5.66. The highest BCUT2D eigenvalue weighted by Crippen LogP contribution is 2.17. The molecule has 1 heterocycles. The van der Waals surface area contributed by atoms with E-state index in [4.69, 9.17) is 0 Å². The Hall–Kier alpha value is -0.380. The third-order valence-corrected chi connectivity index (χ3v) is 3.83. The second kappa shape index (κ2) is 6.53. The van der Waals surface area contributed by atoms with Crippen molar-refractivity contribution in [2.75, 3.05) is 19.6 Å². The number of nitrogens with one attached hydrogen (secondary N) is 1. The molecule has 1 aromatic carbocycles. The summed E-state index contributed by atoms with van der Waals surface area (Å²) < 4.78 is 1.18. The predicted molar refractivity (Wildman–Crippen MR) is 76.1 cm³/mol. The monoisotopic (exact) mass is 296 g/mol. The van der Waals surface area contributed by atoms with Gasteiger partial charge in [0.25, 0.3) is 0 Å². The molecule has 1 N–H and O–H groups in total. The summed E-state index contributed by atoms with van der Waals surface area (Å²) in [5.74, 6) is 0. The van der Waals surface area contributed by atoms with Gasteiger partial charge in [0, 0.05) is 23.6 Å². The van der Waals surface area contributed by atoms with Gasteiger partial charge in [0.05, 0.1) is 0 Å². The number of benzene rings is 1. The van der Waals surface area contributed by atoms with Gasteiger partial charge >= 0.3 is 0 Å². The SMILES string of the molecule is CCCN(Cc1cccc(Br)c1)C1CCNC1. The fraction of sp³-hybridized carbons (Fsp3) is 0.571. The topological polar surface area (TPSA) is 15.3 Å². The number of hydrogen-bond acceptors (Lipinski definition) is 2. The van der Waals surface area contributed by atoms with Crippen LogP contribution in [0.25, 0.3) is 0 Å². The van der Waals surface area contributed by atoms with Crippen LogP contribution in [0.3, 0.4) is 0 Å². The van der Waals surface area contributed by atoms with Crippen molar-refractivity contribution >= 4 is 15.9 Å². The number of halogens is 1. The van der Waals surface area contributed by atoms with Crippen LogP contribution in [0.5, 0.6) is 0 Å². The van der Waals surface area contributed by atoms with Crippen LogP contribution in [-0.4, -0.2) is 30.6 Å². The molecule has 3 heteroatoms. The van der Waals surface area contributed by atoms with Gasteiger partial charge in [0.15, 0.2) is 0 Å². The van der Waals surface area contributed by atoms with Gasteiger partial charge in [-0.2, -0.15) is 0 Å². The first-order valence-electron chi connectivity index (χ1n) is 6.49. The van der Waals surface area contributed by atoms with Crippen molar-refractivity contribution in [2.24, 2.45) is 0 Å². The molecule has 17 heavy (non-hydrogen) atoms. The minimum Gasteiger partial charge on any atom is -0.315 e. The van der Waals surface area contributed by atoms with Crippen LogP contribution in [0.4, 0.5) is 0 Å². The largest absolute Gasteiger partial charge is 0.315 e. The minimum atomic E-state index is 0.717. The molecule has 0 amide bonds. The lowest BCUT2D eigenvalue weighted by Gasteiger charge is -2.28. The van der Waals surface area contributed by atoms with Crippen molar-refractivity contribution in [3.8, 4) is 0 Å². The predicted octanol–water partition coefficient (Wildman–Crippen LogP) is 3.02. The third-order valence-electron chi connectivity index (χ3n) is 3.34. The van der Waals surface area contributed by atoms with Crippen LogP contribution in [0.2, 0.25) is 0 Å². The lowest BCUT2D eigenvalue weighted by Crippen LogP contribution is -2.36. The number of nitrogens with zero attached hydrogens (tertiary/aromatic N) is 1. The van der Waals surface area contributed by atoms with Crippen molar-refractivity contribution in [1.82, 2.24) is 10.2 Å². The molecule has 0 aromatic heterocycles. The van der Waals surface area contributed by atoms with E-state index in [-0.39, 0.29) is 0 Å². The average molecular weight is 297 g/mol. The zero-order valence-corrected chi connectivity index (χ0v) is 12.0. The summed E-state index contributed by atoms with van der Waals surface area (Å²) in [6.07, 6.45) is 2.51. The average Bonchev–Trinajstić information content (AvgIpc) is 2.82. The van der Waals surface area contributed by atoms with E-state index < -0.39 is 0 Å². The first-order valence-corrected chi connectivity index (χ1v) is 7.28. The lowest BCUT2D eigenvalue weighted by molar-refractivity contribution is 0.199. The molecule has 0 spiro atoms. The molecule has 0 aliphatic carbocycles. The fourth-order valence-electron chi connectivity index (χ4n) is 2.50. The first-order chi connectivity index (χ1) is 8.29. The first kappa shape index (κ1) is 13.1. The Kier molecular flexibility index (Phi) is 5.01. The third kappa shape index (κ3) is 3.80. The molecule has 1 fully saturated rings. The summed E-state index contributed by atoms with van der Waals surface area (Å²) >= 11 is 3.54. The highest BCUT2D eigenvalue weighted by molar-refractivity contribution is 9.10. The van der Waals surface area contributed by atoms with E-state index >= 15 is 0 Å². The molecule has 2 rings (SSSR count). The molecule has 1 unspecified atom stereocenters. The van der Waals surface area contributed by atoms with Crippen LogP contribution in [0.15, 0.2) is 28.7 Å². The highest BCUT2D eigenvalue weighted by Gasteiger charge is 2.21. The number of rotatable bonds is 5. The van der Waals surface area contributed by atoms with Gasteiger partial charge < -0.3 is 5.32 Å². The molecule has 94 valence electrons. The van der Waals surface area contributed by atoms with Crippen molar-refractivity contribution in [2.45, 2.75) is 32.4 Å². The van der Waals surface area contributed by atoms with Crippen LogP contribution >= 0.6 is 15.9 Å². The van der Waals surface area contributed by atoms with Crippen molar-refractivity contribution in [3.63, 3.8) is 0 Å². The Morgan fingerprint density at radius 2 is 2.35 bits per heavy atom. The zero-order valence-electron chi connectivity index (χ0n) is 10.5. The van der Waals surface area contributed by atoms with E-state index in [9.17, 15) is 0 Å². The van der Waals surface area contributed by atoms with Gasteiger partial charge in [0.2, 0.25) is 0 Å². The van der Waals surface area contributed by atoms with Crippen LogP contribution < -0.4 is 5.32 Å². The number of hydrogen-bond donors (Lipinski definition) is 1. The van der Waals surface area contributed by atoms with E-state index in [2.05, 4.69) is 57.3 Å². The summed E-state index contributed by atoms with van der Waals surface area (Å²) in [6.45, 7) is 6.84. The Labute approximate surface area is 113 Å². The van der Waals surface area contributed by atoms with Crippen molar-refractivity contribution in [3.05, 3.63) is 34.3 Å². The maximum Gasteiger partial charge on any atom is 0.0237 e. The summed E-state index contributed by atoms with van der Waals surface area (Å²) in [7, 11) is 0. The molecule has 0 saturated carbocycles. The van der Waals surface area contributed by atoms with Crippen LogP contribution in [0, 0.1) is 0 Å². The van der Waals surface area contributed by atoms with Gasteiger partial charge in [-0.05, 0) is 43.6 Å². The van der Waals surface area contributed by atoms with Crippen molar-refractivity contribution < 1.29 is 0 Å². The summed E-state index contributed by atoms with van der Waals surface area (Å²) in [5, 5.41) is 3.46. The van der Waals surface area contributed by atoms with Gasteiger partial charge in [-0.1, -0.05) is 35.0 Å². The molecule has 1 saturated heterocycles. The van der Waals surface area contributed by atoms with Gasteiger partial charge in [-0.25, -0.2) is 0 Å². The molecule has 0 bridgehead atoms. The maximum atomic E-state index is 3.54. The molecule has 1 aromatic rings.